The molecular formula is C12H20. The van der Waals surface area contributed by atoms with Crippen molar-refractivity contribution in [2.75, 3.05) is 0 Å². The van der Waals surface area contributed by atoms with Crippen LogP contribution < -0.4 is 0 Å². The van der Waals surface area contributed by atoms with E-state index in [4.69, 9.17) is 0 Å². The number of rotatable bonds is 0. The summed E-state index contributed by atoms with van der Waals surface area (Å²) in [5.74, 6) is 0.787. The van der Waals surface area contributed by atoms with Gasteiger partial charge >= 0.3 is 0 Å². The third-order valence-electron chi connectivity index (χ3n) is 2.99. The van der Waals surface area contributed by atoms with Gasteiger partial charge in [0.15, 0.2) is 0 Å². The predicted octanol–water partition coefficient (Wildman–Crippen LogP) is 3.93. The summed E-state index contributed by atoms with van der Waals surface area (Å²) >= 11 is 0. The first-order valence-electron chi connectivity index (χ1n) is 4.87. The van der Waals surface area contributed by atoms with Gasteiger partial charge in [-0.15, -0.1) is 0 Å². The quantitative estimate of drug-likeness (QED) is 0.545. The molecule has 0 aromatic heterocycles. The van der Waals surface area contributed by atoms with Crippen molar-refractivity contribution in [3.05, 3.63) is 34.9 Å². The fraction of sp³-hybridized carbons (Fsp3) is 0.500. The van der Waals surface area contributed by atoms with Crippen LogP contribution in [0.4, 0.5) is 0 Å². The second kappa shape index (κ2) is 2.93. The third kappa shape index (κ3) is 1.16. The maximum absolute atomic E-state index is 2.35. The molecular weight excluding hydrogens is 144 g/mol. The highest BCUT2D eigenvalue weighted by atomic mass is 14.2. The molecule has 0 amide bonds. The Balaban J connectivity index is 0.000000845. The Kier molecular flexibility index (Phi) is 1.92. The van der Waals surface area contributed by atoms with Crippen LogP contribution in [-0.2, 0) is 6.42 Å². The number of aryl methyl sites for hydroxylation is 2. The van der Waals surface area contributed by atoms with Gasteiger partial charge in [0.1, 0.15) is 0 Å². The van der Waals surface area contributed by atoms with Crippen LogP contribution in [0.15, 0.2) is 18.2 Å². The van der Waals surface area contributed by atoms with Gasteiger partial charge in [-0.1, -0.05) is 25.1 Å². The summed E-state index contributed by atoms with van der Waals surface area (Å²) in [6, 6.07) is 6.71. The van der Waals surface area contributed by atoms with E-state index in [0.717, 1.165) is 5.92 Å². The third-order valence-corrected chi connectivity index (χ3v) is 2.99. The van der Waals surface area contributed by atoms with E-state index in [1.54, 1.807) is 11.1 Å². The fourth-order valence-electron chi connectivity index (χ4n) is 2.41. The molecule has 0 saturated heterocycles. The molecule has 0 fully saturated rings. The second-order valence-corrected chi connectivity index (χ2v) is 3.94. The van der Waals surface area contributed by atoms with Crippen molar-refractivity contribution in [2.24, 2.45) is 0 Å². The molecule has 0 radical (unpaired) electrons. The molecule has 0 bridgehead atoms. The summed E-state index contributed by atoms with van der Waals surface area (Å²) in [6.07, 6.45) is 4.04. The molecule has 0 aliphatic heterocycles. The molecule has 2 rings (SSSR count). The molecule has 1 aromatic rings. The molecule has 0 heteroatoms. The minimum atomic E-state index is 0. The Labute approximate surface area is 77.6 Å². The topological polar surface area (TPSA) is 0 Å². The maximum Gasteiger partial charge on any atom is 0 e. The van der Waals surface area contributed by atoms with Gasteiger partial charge in [0.25, 0.3) is 0 Å². The van der Waals surface area contributed by atoms with E-state index < -0.39 is 0 Å². The minimum absolute atomic E-state index is 0. The zero-order chi connectivity index (χ0) is 8.55. The van der Waals surface area contributed by atoms with E-state index in [0.29, 0.717) is 0 Å². The molecule has 68 valence electrons. The molecule has 0 spiro atoms. The molecule has 0 N–H and O–H groups in total. The van der Waals surface area contributed by atoms with Gasteiger partial charge in [0, 0.05) is 2.85 Å². The summed E-state index contributed by atoms with van der Waals surface area (Å²) in [6.45, 7) is 4.59. The zero-order valence-electron chi connectivity index (χ0n) is 7.93. The average Bonchev–Trinajstić information content (AvgIpc) is 2.04. The number of fused-ring (bicyclic) bond motifs is 1. The van der Waals surface area contributed by atoms with Crippen LogP contribution in [0.3, 0.4) is 0 Å². The minimum Gasteiger partial charge on any atom is -0.0617 e. The lowest BCUT2D eigenvalue weighted by Gasteiger charge is -2.24. The summed E-state index contributed by atoms with van der Waals surface area (Å²) in [7, 11) is 0. The molecule has 0 saturated carbocycles. The Morgan fingerprint density at radius 2 is 2.25 bits per heavy atom. The summed E-state index contributed by atoms with van der Waals surface area (Å²) < 4.78 is 0. The molecule has 1 aliphatic carbocycles. The lowest BCUT2D eigenvalue weighted by atomic mass is 9.82. The first kappa shape index (κ1) is 7.85. The number of hydrogen-bond donors (Lipinski definition) is 0. The van der Waals surface area contributed by atoms with Gasteiger partial charge in [0.2, 0.25) is 0 Å². The smallest absolute Gasteiger partial charge is 0 e. The lowest BCUT2D eigenvalue weighted by molar-refractivity contribution is 0.587. The van der Waals surface area contributed by atoms with Crippen molar-refractivity contribution in [2.45, 2.75) is 39.0 Å². The van der Waals surface area contributed by atoms with Crippen molar-refractivity contribution >= 4 is 0 Å². The van der Waals surface area contributed by atoms with Crippen LogP contribution in [0.25, 0.3) is 0 Å². The highest BCUT2D eigenvalue weighted by Crippen LogP contribution is 2.32. The molecule has 1 aliphatic rings. The van der Waals surface area contributed by atoms with Gasteiger partial charge in [-0.25, -0.2) is 0 Å². The highest BCUT2D eigenvalue weighted by Gasteiger charge is 2.17. The number of hydrogen-bond acceptors (Lipinski definition) is 0. The van der Waals surface area contributed by atoms with E-state index in [1.165, 1.54) is 24.8 Å². The van der Waals surface area contributed by atoms with E-state index in [-0.39, 0.29) is 2.85 Å². The van der Waals surface area contributed by atoms with Crippen molar-refractivity contribution in [1.82, 2.24) is 0 Å². The SMILES string of the molecule is Cc1cccc2c1C(C)CCC2.[HH].[HH]. The van der Waals surface area contributed by atoms with Crippen molar-refractivity contribution < 1.29 is 2.85 Å². The molecule has 12 heavy (non-hydrogen) atoms. The number of benzene rings is 1. The standard InChI is InChI=1S/C12H16.2H2/c1-9-5-3-7-11-8-4-6-10(2)12(9)11;;/h3,5,7,10H,4,6,8H2,1-2H3;2*1H. The van der Waals surface area contributed by atoms with E-state index in [9.17, 15) is 0 Å². The van der Waals surface area contributed by atoms with Gasteiger partial charge in [-0.05, 0) is 48.8 Å². The Hall–Kier alpha value is -0.780. The first-order chi connectivity index (χ1) is 5.79. The van der Waals surface area contributed by atoms with Crippen LogP contribution in [0.1, 0.15) is 45.2 Å². The maximum atomic E-state index is 2.35. The van der Waals surface area contributed by atoms with Crippen LogP contribution in [0.2, 0.25) is 0 Å². The zero-order valence-corrected chi connectivity index (χ0v) is 7.93. The van der Waals surface area contributed by atoms with Gasteiger partial charge in [-0.3, -0.25) is 0 Å². The molecule has 1 unspecified atom stereocenters. The van der Waals surface area contributed by atoms with E-state index in [2.05, 4.69) is 32.0 Å². The monoisotopic (exact) mass is 164 g/mol. The summed E-state index contributed by atoms with van der Waals surface area (Å²) in [5.41, 5.74) is 4.71. The summed E-state index contributed by atoms with van der Waals surface area (Å²) in [5, 5.41) is 0. The summed E-state index contributed by atoms with van der Waals surface area (Å²) in [4.78, 5) is 0. The van der Waals surface area contributed by atoms with Crippen LogP contribution in [-0.4, -0.2) is 0 Å². The fourth-order valence-corrected chi connectivity index (χ4v) is 2.41. The Morgan fingerprint density at radius 3 is 3.00 bits per heavy atom. The van der Waals surface area contributed by atoms with E-state index >= 15 is 0 Å². The largest absolute Gasteiger partial charge is 0.0617 e. The Morgan fingerprint density at radius 1 is 1.42 bits per heavy atom. The second-order valence-electron chi connectivity index (χ2n) is 3.94. The van der Waals surface area contributed by atoms with E-state index in [1.807, 2.05) is 0 Å². The molecule has 1 atom stereocenters. The first-order valence-corrected chi connectivity index (χ1v) is 4.87. The Bertz CT molecular complexity index is 294. The molecule has 0 heterocycles. The average molecular weight is 164 g/mol. The molecule has 0 nitrogen and oxygen atoms in total. The van der Waals surface area contributed by atoms with Crippen LogP contribution >= 0.6 is 0 Å². The van der Waals surface area contributed by atoms with Crippen LogP contribution in [0.5, 0.6) is 0 Å². The normalized spacial score (nSPS) is 22.0. The molecule has 1 aromatic carbocycles. The predicted molar refractivity (Wildman–Crippen MR) is 56.8 cm³/mol. The lowest BCUT2D eigenvalue weighted by Crippen LogP contribution is -2.08. The highest BCUT2D eigenvalue weighted by molar-refractivity contribution is 5.38. The van der Waals surface area contributed by atoms with Gasteiger partial charge in [0.05, 0.1) is 0 Å². The van der Waals surface area contributed by atoms with Gasteiger partial charge < -0.3 is 0 Å². The van der Waals surface area contributed by atoms with Crippen molar-refractivity contribution in [3.63, 3.8) is 0 Å². The van der Waals surface area contributed by atoms with Crippen molar-refractivity contribution in [1.29, 1.82) is 0 Å². The van der Waals surface area contributed by atoms with Crippen LogP contribution in [0, 0.1) is 6.92 Å². The van der Waals surface area contributed by atoms with Gasteiger partial charge in [-0.2, -0.15) is 0 Å². The van der Waals surface area contributed by atoms with Crippen molar-refractivity contribution in [3.8, 4) is 0 Å².